The van der Waals surface area contributed by atoms with Crippen LogP contribution in [0.5, 0.6) is 5.75 Å². The molecule has 3 aromatic rings. The average Bonchev–Trinajstić information content (AvgIpc) is 3.65. The summed E-state index contributed by atoms with van der Waals surface area (Å²) in [5.74, 6) is -0.375. The number of rotatable bonds is 10. The van der Waals surface area contributed by atoms with Gasteiger partial charge in [0, 0.05) is 6.04 Å². The van der Waals surface area contributed by atoms with Crippen LogP contribution >= 0.6 is 11.3 Å². The van der Waals surface area contributed by atoms with Crippen LogP contribution in [-0.4, -0.2) is 36.9 Å². The minimum absolute atomic E-state index is 0.0533. The summed E-state index contributed by atoms with van der Waals surface area (Å²) in [4.78, 5) is 41.7. The summed E-state index contributed by atoms with van der Waals surface area (Å²) >= 11 is 1.29. The van der Waals surface area contributed by atoms with Crippen LogP contribution in [0.1, 0.15) is 54.1 Å². The molecule has 2 aromatic heterocycles. The van der Waals surface area contributed by atoms with Gasteiger partial charge in [-0.1, -0.05) is 31.0 Å². The van der Waals surface area contributed by atoms with Gasteiger partial charge in [-0.25, -0.2) is 0 Å². The zero-order valence-electron chi connectivity index (χ0n) is 19.6. The number of thiophene rings is 1. The van der Waals surface area contributed by atoms with Crippen LogP contribution in [0.4, 0.5) is 5.69 Å². The zero-order chi connectivity index (χ0) is 24.6. The molecule has 0 saturated heterocycles. The molecule has 1 saturated carbocycles. The van der Waals surface area contributed by atoms with Crippen molar-refractivity contribution in [3.05, 3.63) is 70.8 Å². The van der Waals surface area contributed by atoms with Gasteiger partial charge in [-0.15, -0.1) is 11.3 Å². The van der Waals surface area contributed by atoms with Gasteiger partial charge in [0.2, 0.25) is 5.91 Å². The van der Waals surface area contributed by atoms with Crippen molar-refractivity contribution in [2.75, 3.05) is 18.1 Å². The van der Waals surface area contributed by atoms with Crippen LogP contribution in [0, 0.1) is 0 Å². The van der Waals surface area contributed by atoms with Gasteiger partial charge in [0.05, 0.1) is 30.0 Å². The number of furan rings is 1. The van der Waals surface area contributed by atoms with Crippen LogP contribution in [0.25, 0.3) is 0 Å². The third-order valence-electron chi connectivity index (χ3n) is 5.86. The van der Waals surface area contributed by atoms with E-state index in [1.54, 1.807) is 53.9 Å². The smallest absolute Gasteiger partial charge is 0.261 e. The van der Waals surface area contributed by atoms with Crippen LogP contribution in [0.15, 0.2) is 64.6 Å². The molecule has 4 rings (SSSR count). The lowest BCUT2D eigenvalue weighted by Crippen LogP contribution is -2.49. The molecule has 1 fully saturated rings. The predicted molar refractivity (Wildman–Crippen MR) is 134 cm³/mol. The second-order valence-corrected chi connectivity index (χ2v) is 9.18. The first-order valence-corrected chi connectivity index (χ1v) is 12.7. The van der Waals surface area contributed by atoms with E-state index in [9.17, 15) is 14.4 Å². The molecule has 35 heavy (non-hydrogen) atoms. The van der Waals surface area contributed by atoms with E-state index < -0.39 is 11.9 Å². The zero-order valence-corrected chi connectivity index (χ0v) is 20.4. The van der Waals surface area contributed by atoms with Crippen LogP contribution in [-0.2, 0) is 9.59 Å². The van der Waals surface area contributed by atoms with Gasteiger partial charge >= 0.3 is 0 Å². The summed E-state index contributed by atoms with van der Waals surface area (Å²) in [6, 6.07) is 12.8. The number of carbonyl (C=O) groups excluding carboxylic acids is 3. The van der Waals surface area contributed by atoms with Gasteiger partial charge in [-0.05, 0) is 55.5 Å². The normalized spacial score (nSPS) is 14.3. The third-order valence-corrected chi connectivity index (χ3v) is 6.73. The summed E-state index contributed by atoms with van der Waals surface area (Å²) < 4.78 is 11.4. The van der Waals surface area contributed by atoms with E-state index in [0.29, 0.717) is 28.7 Å². The molecule has 1 aliphatic carbocycles. The first-order valence-electron chi connectivity index (χ1n) is 11.8. The Morgan fingerprint density at radius 2 is 1.91 bits per heavy atom. The van der Waals surface area contributed by atoms with Gasteiger partial charge in [0.1, 0.15) is 11.5 Å². The molecule has 0 unspecified atom stereocenters. The second-order valence-electron chi connectivity index (χ2n) is 8.23. The SMILES string of the molecule is CCOc1ccccc1N(C(=O)CNC(=O)c1cccs1)[C@H](C(=O)NC1CCCC1)c1ccco1. The summed E-state index contributed by atoms with van der Waals surface area (Å²) in [7, 11) is 0. The van der Waals surface area contributed by atoms with Crippen LogP contribution in [0.2, 0.25) is 0 Å². The molecule has 0 spiro atoms. The van der Waals surface area contributed by atoms with Crippen LogP contribution < -0.4 is 20.3 Å². The number of hydrogen-bond acceptors (Lipinski definition) is 6. The van der Waals surface area contributed by atoms with E-state index >= 15 is 0 Å². The lowest BCUT2D eigenvalue weighted by molar-refractivity contribution is -0.127. The molecule has 2 heterocycles. The van der Waals surface area contributed by atoms with Crippen molar-refractivity contribution in [1.29, 1.82) is 0 Å². The quantitative estimate of drug-likeness (QED) is 0.437. The number of carbonyl (C=O) groups is 3. The maximum absolute atomic E-state index is 13.7. The molecule has 1 aromatic carbocycles. The van der Waals surface area contributed by atoms with Gasteiger partial charge in [-0.3, -0.25) is 19.3 Å². The molecular weight excluding hydrogens is 466 g/mol. The molecule has 0 radical (unpaired) electrons. The Balaban J connectivity index is 1.68. The van der Waals surface area contributed by atoms with E-state index in [1.165, 1.54) is 22.5 Å². The number of para-hydroxylation sites is 2. The first kappa shape index (κ1) is 24.5. The van der Waals surface area contributed by atoms with Gasteiger partial charge in [0.15, 0.2) is 6.04 Å². The molecule has 3 amide bonds. The Labute approximate surface area is 208 Å². The van der Waals surface area contributed by atoms with Crippen molar-refractivity contribution in [2.45, 2.75) is 44.7 Å². The molecule has 9 heteroatoms. The summed E-state index contributed by atoms with van der Waals surface area (Å²) in [5, 5.41) is 7.56. The summed E-state index contributed by atoms with van der Waals surface area (Å²) in [5.41, 5.74) is 0.424. The number of nitrogens with zero attached hydrogens (tertiary/aromatic N) is 1. The molecule has 0 bridgehead atoms. The fourth-order valence-corrected chi connectivity index (χ4v) is 4.90. The van der Waals surface area contributed by atoms with Gasteiger partial charge < -0.3 is 19.8 Å². The number of benzene rings is 1. The van der Waals surface area contributed by atoms with Crippen molar-refractivity contribution >= 4 is 34.7 Å². The van der Waals surface area contributed by atoms with Crippen molar-refractivity contribution in [3.8, 4) is 5.75 Å². The Hall–Kier alpha value is -3.59. The maximum atomic E-state index is 13.7. The number of anilines is 1. The summed E-state index contributed by atoms with van der Waals surface area (Å²) in [6.07, 6.45) is 5.39. The minimum Gasteiger partial charge on any atom is -0.492 e. The monoisotopic (exact) mass is 495 g/mol. The largest absolute Gasteiger partial charge is 0.492 e. The lowest BCUT2D eigenvalue weighted by atomic mass is 10.1. The van der Waals surface area contributed by atoms with Crippen LogP contribution in [0.3, 0.4) is 0 Å². The van der Waals surface area contributed by atoms with Gasteiger partial charge in [-0.2, -0.15) is 0 Å². The Kier molecular flexibility index (Phi) is 8.20. The fraction of sp³-hybridized carbons (Fsp3) is 0.346. The highest BCUT2D eigenvalue weighted by Crippen LogP contribution is 2.35. The second kappa shape index (κ2) is 11.7. The van der Waals surface area contributed by atoms with Crippen molar-refractivity contribution in [2.24, 2.45) is 0 Å². The van der Waals surface area contributed by atoms with E-state index in [1.807, 2.05) is 6.92 Å². The molecule has 8 nitrogen and oxygen atoms in total. The van der Waals surface area contributed by atoms with Crippen molar-refractivity contribution in [3.63, 3.8) is 0 Å². The van der Waals surface area contributed by atoms with Crippen molar-refractivity contribution < 1.29 is 23.5 Å². The maximum Gasteiger partial charge on any atom is 0.261 e. The molecule has 2 N–H and O–H groups in total. The van der Waals surface area contributed by atoms with E-state index in [-0.39, 0.29) is 24.4 Å². The van der Waals surface area contributed by atoms with Crippen molar-refractivity contribution in [1.82, 2.24) is 10.6 Å². The molecule has 1 atom stereocenters. The molecule has 184 valence electrons. The lowest BCUT2D eigenvalue weighted by Gasteiger charge is -2.32. The van der Waals surface area contributed by atoms with E-state index in [0.717, 1.165) is 25.7 Å². The fourth-order valence-electron chi connectivity index (χ4n) is 4.26. The molecular formula is C26H29N3O5S. The highest BCUT2D eigenvalue weighted by atomic mass is 32.1. The Morgan fingerprint density at radius 1 is 1.11 bits per heavy atom. The number of nitrogens with one attached hydrogen (secondary N) is 2. The Bertz CT molecular complexity index is 1120. The molecule has 1 aliphatic rings. The Morgan fingerprint density at radius 3 is 2.60 bits per heavy atom. The first-order chi connectivity index (χ1) is 17.1. The molecule has 0 aliphatic heterocycles. The number of amides is 3. The van der Waals surface area contributed by atoms with E-state index in [4.69, 9.17) is 9.15 Å². The number of hydrogen-bond donors (Lipinski definition) is 2. The van der Waals surface area contributed by atoms with Gasteiger partial charge in [0.25, 0.3) is 11.8 Å². The predicted octanol–water partition coefficient (Wildman–Crippen LogP) is 4.30. The average molecular weight is 496 g/mol. The number of ether oxygens (including phenoxy) is 1. The minimum atomic E-state index is -1.07. The topological polar surface area (TPSA) is 101 Å². The highest BCUT2D eigenvalue weighted by molar-refractivity contribution is 7.12. The third kappa shape index (κ3) is 5.92. The van der Waals surface area contributed by atoms with E-state index in [2.05, 4.69) is 10.6 Å². The summed E-state index contributed by atoms with van der Waals surface area (Å²) in [6.45, 7) is 1.93. The highest BCUT2D eigenvalue weighted by Gasteiger charge is 2.37. The standard InChI is InChI=1S/C26H29N3O5S/c1-2-33-20-12-6-5-11-19(20)29(23(30)17-27-25(31)22-14-8-16-35-22)24(21-13-7-15-34-21)26(32)28-18-9-3-4-10-18/h5-8,11-16,18,24H,2-4,9-10,17H2,1H3,(H,27,31)(H,28,32)/t24-/m0/s1.